The molecule has 0 amide bonds. The summed E-state index contributed by atoms with van der Waals surface area (Å²) in [7, 11) is 0. The number of hydrogen-bond donors (Lipinski definition) is 1. The van der Waals surface area contributed by atoms with Crippen LogP contribution in [0.5, 0.6) is 11.5 Å². The summed E-state index contributed by atoms with van der Waals surface area (Å²) in [5, 5.41) is 0. The van der Waals surface area contributed by atoms with E-state index in [0.29, 0.717) is 11.3 Å². The first-order valence-corrected chi connectivity index (χ1v) is 5.51. The highest BCUT2D eigenvalue weighted by molar-refractivity contribution is 5.99. The molecule has 2 aromatic carbocycles. The van der Waals surface area contributed by atoms with Gasteiger partial charge >= 0.3 is 0 Å². The lowest BCUT2D eigenvalue weighted by molar-refractivity contribution is 0.101. The van der Waals surface area contributed by atoms with Gasteiger partial charge in [-0.15, -0.1) is 0 Å². The molecule has 0 unspecified atom stereocenters. The first kappa shape index (κ1) is 13.0. The summed E-state index contributed by atoms with van der Waals surface area (Å²) in [6, 6.07) is 7.72. The zero-order valence-electron chi connectivity index (χ0n) is 10.1. The van der Waals surface area contributed by atoms with Crippen LogP contribution in [0.25, 0.3) is 0 Å². The summed E-state index contributed by atoms with van der Waals surface area (Å²) < 4.78 is 31.1. The molecule has 0 aliphatic rings. The number of Topliss-reactive ketones (excluding diaryl/α,β-unsaturated/α-hetero) is 1. The quantitative estimate of drug-likeness (QED) is 0.680. The number of hydrogen-bond acceptors (Lipinski definition) is 3. The SMILES string of the molecule is CC(=O)c1ccc(Oc2ccc(F)c(F)c2)cc1N. The Kier molecular flexibility index (Phi) is 3.46. The molecule has 0 saturated heterocycles. The van der Waals surface area contributed by atoms with Crippen molar-refractivity contribution in [2.45, 2.75) is 6.92 Å². The number of carbonyl (C=O) groups is 1. The van der Waals surface area contributed by atoms with Crippen LogP contribution in [0, 0.1) is 11.6 Å². The highest BCUT2D eigenvalue weighted by Crippen LogP contribution is 2.26. The fourth-order valence-corrected chi connectivity index (χ4v) is 1.60. The van der Waals surface area contributed by atoms with E-state index in [4.69, 9.17) is 10.5 Å². The van der Waals surface area contributed by atoms with E-state index in [2.05, 4.69) is 0 Å². The van der Waals surface area contributed by atoms with Crippen molar-refractivity contribution < 1.29 is 18.3 Å². The summed E-state index contributed by atoms with van der Waals surface area (Å²) in [5.74, 6) is -1.61. The van der Waals surface area contributed by atoms with Crippen molar-refractivity contribution >= 4 is 11.5 Å². The molecule has 3 nitrogen and oxygen atoms in total. The van der Waals surface area contributed by atoms with E-state index in [-0.39, 0.29) is 17.2 Å². The number of halogens is 2. The van der Waals surface area contributed by atoms with Gasteiger partial charge in [0.2, 0.25) is 0 Å². The van der Waals surface area contributed by atoms with E-state index in [1.165, 1.54) is 31.2 Å². The van der Waals surface area contributed by atoms with Gasteiger partial charge in [0.15, 0.2) is 17.4 Å². The molecule has 0 radical (unpaired) electrons. The second kappa shape index (κ2) is 5.06. The highest BCUT2D eigenvalue weighted by atomic mass is 19.2. The van der Waals surface area contributed by atoms with Crippen molar-refractivity contribution in [2.75, 3.05) is 5.73 Å². The van der Waals surface area contributed by atoms with Gasteiger partial charge < -0.3 is 10.5 Å². The third-order valence-corrected chi connectivity index (χ3v) is 2.53. The fraction of sp³-hybridized carbons (Fsp3) is 0.0714. The average Bonchev–Trinajstić information content (AvgIpc) is 2.33. The fourth-order valence-electron chi connectivity index (χ4n) is 1.60. The second-order valence-corrected chi connectivity index (χ2v) is 3.98. The van der Waals surface area contributed by atoms with E-state index < -0.39 is 11.6 Å². The molecule has 98 valence electrons. The van der Waals surface area contributed by atoms with Gasteiger partial charge in [0, 0.05) is 23.4 Å². The maximum Gasteiger partial charge on any atom is 0.162 e. The van der Waals surface area contributed by atoms with Gasteiger partial charge in [-0.1, -0.05) is 0 Å². The number of ether oxygens (including phenoxy) is 1. The molecule has 2 N–H and O–H groups in total. The van der Waals surface area contributed by atoms with Crippen molar-refractivity contribution in [3.8, 4) is 11.5 Å². The number of rotatable bonds is 3. The van der Waals surface area contributed by atoms with Gasteiger partial charge in [-0.3, -0.25) is 4.79 Å². The Bertz CT molecular complexity index is 641. The van der Waals surface area contributed by atoms with Crippen molar-refractivity contribution in [3.05, 3.63) is 53.6 Å². The van der Waals surface area contributed by atoms with E-state index in [9.17, 15) is 13.6 Å². The molecular weight excluding hydrogens is 252 g/mol. The lowest BCUT2D eigenvalue weighted by Crippen LogP contribution is -1.99. The van der Waals surface area contributed by atoms with Gasteiger partial charge in [-0.25, -0.2) is 8.78 Å². The molecule has 0 aromatic heterocycles. The third-order valence-electron chi connectivity index (χ3n) is 2.53. The molecule has 0 atom stereocenters. The molecule has 0 saturated carbocycles. The molecule has 0 heterocycles. The summed E-state index contributed by atoms with van der Waals surface area (Å²) in [4.78, 5) is 11.2. The summed E-state index contributed by atoms with van der Waals surface area (Å²) >= 11 is 0. The van der Waals surface area contributed by atoms with Crippen LogP contribution in [0.1, 0.15) is 17.3 Å². The minimum atomic E-state index is -0.995. The van der Waals surface area contributed by atoms with E-state index in [1.807, 2.05) is 0 Å². The summed E-state index contributed by atoms with van der Waals surface area (Å²) in [6.45, 7) is 1.40. The maximum absolute atomic E-state index is 13.0. The predicted octanol–water partition coefficient (Wildman–Crippen LogP) is 3.54. The second-order valence-electron chi connectivity index (χ2n) is 3.98. The number of carbonyl (C=O) groups excluding carboxylic acids is 1. The third kappa shape index (κ3) is 2.88. The number of benzene rings is 2. The van der Waals surface area contributed by atoms with Crippen LogP contribution in [-0.2, 0) is 0 Å². The first-order chi connectivity index (χ1) is 8.97. The molecule has 5 heteroatoms. The van der Waals surface area contributed by atoms with Gasteiger partial charge in [0.05, 0.1) is 0 Å². The number of nitrogens with two attached hydrogens (primary N) is 1. The van der Waals surface area contributed by atoms with Crippen LogP contribution in [0.2, 0.25) is 0 Å². The standard InChI is InChI=1S/C14H11F2NO2/c1-8(18)11-4-2-10(7-14(11)17)19-9-3-5-12(15)13(16)6-9/h2-7H,17H2,1H3. The molecule has 0 aliphatic carbocycles. The van der Waals surface area contributed by atoms with E-state index in [0.717, 1.165) is 12.1 Å². The van der Waals surface area contributed by atoms with Crippen LogP contribution < -0.4 is 10.5 Å². The van der Waals surface area contributed by atoms with Gasteiger partial charge in [0.1, 0.15) is 11.5 Å². The lowest BCUT2D eigenvalue weighted by atomic mass is 10.1. The monoisotopic (exact) mass is 263 g/mol. The maximum atomic E-state index is 13.0. The number of anilines is 1. The summed E-state index contributed by atoms with van der Waals surface area (Å²) in [6.07, 6.45) is 0. The van der Waals surface area contributed by atoms with Crippen molar-refractivity contribution in [1.29, 1.82) is 0 Å². The van der Waals surface area contributed by atoms with Gasteiger partial charge in [-0.05, 0) is 31.2 Å². The Labute approximate surface area is 108 Å². The van der Waals surface area contributed by atoms with Crippen molar-refractivity contribution in [1.82, 2.24) is 0 Å². The van der Waals surface area contributed by atoms with Gasteiger partial charge in [0.25, 0.3) is 0 Å². The number of nitrogen functional groups attached to an aromatic ring is 1. The highest BCUT2D eigenvalue weighted by Gasteiger charge is 2.08. The van der Waals surface area contributed by atoms with E-state index in [1.54, 1.807) is 0 Å². The molecule has 2 rings (SSSR count). The Morgan fingerprint density at radius 2 is 1.68 bits per heavy atom. The minimum absolute atomic E-state index is 0.147. The van der Waals surface area contributed by atoms with Crippen molar-refractivity contribution in [3.63, 3.8) is 0 Å². The molecule has 2 aromatic rings. The average molecular weight is 263 g/mol. The predicted molar refractivity (Wildman–Crippen MR) is 67.3 cm³/mol. The van der Waals surface area contributed by atoms with E-state index >= 15 is 0 Å². The number of ketones is 1. The Morgan fingerprint density at radius 1 is 1.05 bits per heavy atom. The molecule has 0 bridgehead atoms. The van der Waals surface area contributed by atoms with Crippen LogP contribution in [0.15, 0.2) is 36.4 Å². The lowest BCUT2D eigenvalue weighted by Gasteiger charge is -2.08. The van der Waals surface area contributed by atoms with Gasteiger partial charge in [-0.2, -0.15) is 0 Å². The van der Waals surface area contributed by atoms with Crippen LogP contribution >= 0.6 is 0 Å². The van der Waals surface area contributed by atoms with Crippen LogP contribution in [-0.4, -0.2) is 5.78 Å². The normalized spacial score (nSPS) is 10.3. The topological polar surface area (TPSA) is 52.3 Å². The molecule has 0 spiro atoms. The molecule has 19 heavy (non-hydrogen) atoms. The minimum Gasteiger partial charge on any atom is -0.457 e. The smallest absolute Gasteiger partial charge is 0.162 e. The Morgan fingerprint density at radius 3 is 2.26 bits per heavy atom. The van der Waals surface area contributed by atoms with Crippen LogP contribution in [0.3, 0.4) is 0 Å². The molecule has 0 aliphatic heterocycles. The zero-order chi connectivity index (χ0) is 14.0. The Hall–Kier alpha value is -2.43. The van der Waals surface area contributed by atoms with Crippen LogP contribution in [0.4, 0.5) is 14.5 Å². The molecule has 0 fully saturated rings. The summed E-state index contributed by atoms with van der Waals surface area (Å²) in [5.41, 5.74) is 6.35. The zero-order valence-corrected chi connectivity index (χ0v) is 10.1. The van der Waals surface area contributed by atoms with Crippen molar-refractivity contribution in [2.24, 2.45) is 0 Å². The Balaban J connectivity index is 2.26. The largest absolute Gasteiger partial charge is 0.457 e. The first-order valence-electron chi connectivity index (χ1n) is 5.51. The molecular formula is C14H11F2NO2.